The number of aryl methyl sites for hydroxylation is 1. The summed E-state index contributed by atoms with van der Waals surface area (Å²) in [5.74, 6) is 1.15. The van der Waals surface area contributed by atoms with Crippen LogP contribution in [0.5, 0.6) is 0 Å². The molecular weight excluding hydrogens is 304 g/mol. The quantitative estimate of drug-likeness (QED) is 0.786. The predicted octanol–water partition coefficient (Wildman–Crippen LogP) is 3.98. The summed E-state index contributed by atoms with van der Waals surface area (Å²) in [5, 5.41) is 0. The molecular formula is C19H28N2OS. The molecule has 23 heavy (non-hydrogen) atoms. The molecule has 126 valence electrons. The van der Waals surface area contributed by atoms with Gasteiger partial charge in [-0.15, -0.1) is 11.3 Å². The lowest BCUT2D eigenvalue weighted by Gasteiger charge is -2.32. The average Bonchev–Trinajstić information content (AvgIpc) is 3.43. The van der Waals surface area contributed by atoms with E-state index in [0.29, 0.717) is 30.6 Å². The van der Waals surface area contributed by atoms with E-state index >= 15 is 0 Å². The standard InChI is InChI=1S/C19H28N2OS/c1-13-5-10-18(23-13)17-4-3-11-20(17)12-19(22)21(16-8-9-16)14(2)15-6-7-15/h5,10,14-17H,3-4,6-9,11-12H2,1-2H3. The molecule has 2 unspecified atom stereocenters. The zero-order valence-electron chi connectivity index (χ0n) is 14.3. The van der Waals surface area contributed by atoms with Gasteiger partial charge in [-0.2, -0.15) is 0 Å². The van der Waals surface area contributed by atoms with Crippen molar-refractivity contribution in [3.05, 3.63) is 21.9 Å². The Morgan fingerprint density at radius 1 is 1.30 bits per heavy atom. The zero-order chi connectivity index (χ0) is 16.0. The first kappa shape index (κ1) is 15.6. The Bertz CT molecular complexity index is 576. The van der Waals surface area contributed by atoms with Crippen molar-refractivity contribution in [1.82, 2.24) is 9.80 Å². The van der Waals surface area contributed by atoms with Crippen molar-refractivity contribution in [2.45, 2.75) is 70.5 Å². The van der Waals surface area contributed by atoms with Gasteiger partial charge in [0, 0.05) is 27.9 Å². The molecule has 2 atom stereocenters. The molecule has 1 saturated heterocycles. The van der Waals surface area contributed by atoms with Crippen molar-refractivity contribution < 1.29 is 4.79 Å². The lowest BCUT2D eigenvalue weighted by molar-refractivity contribution is -0.135. The molecule has 3 aliphatic rings. The van der Waals surface area contributed by atoms with Gasteiger partial charge in [0.2, 0.25) is 5.91 Å². The second-order valence-corrected chi connectivity index (χ2v) is 9.01. The van der Waals surface area contributed by atoms with Gasteiger partial charge in [0.05, 0.1) is 6.54 Å². The molecule has 1 amide bonds. The predicted molar refractivity (Wildman–Crippen MR) is 94.7 cm³/mol. The van der Waals surface area contributed by atoms with Gasteiger partial charge in [0.15, 0.2) is 0 Å². The number of nitrogens with zero attached hydrogens (tertiary/aromatic N) is 2. The van der Waals surface area contributed by atoms with Gasteiger partial charge >= 0.3 is 0 Å². The Balaban J connectivity index is 1.44. The molecule has 2 saturated carbocycles. The summed E-state index contributed by atoms with van der Waals surface area (Å²) in [6, 6.07) is 5.95. The summed E-state index contributed by atoms with van der Waals surface area (Å²) in [5.41, 5.74) is 0. The number of thiophene rings is 1. The second-order valence-electron chi connectivity index (χ2n) is 7.69. The van der Waals surface area contributed by atoms with Crippen LogP contribution in [0.15, 0.2) is 12.1 Å². The highest BCUT2D eigenvalue weighted by molar-refractivity contribution is 7.12. The van der Waals surface area contributed by atoms with E-state index in [-0.39, 0.29) is 0 Å². The highest BCUT2D eigenvalue weighted by atomic mass is 32.1. The molecule has 2 aliphatic carbocycles. The first-order valence-corrected chi connectivity index (χ1v) is 10.1. The summed E-state index contributed by atoms with van der Waals surface area (Å²) in [6.07, 6.45) is 7.50. The topological polar surface area (TPSA) is 23.6 Å². The molecule has 2 heterocycles. The Morgan fingerprint density at radius 3 is 2.70 bits per heavy atom. The van der Waals surface area contributed by atoms with Gasteiger partial charge < -0.3 is 4.90 Å². The molecule has 0 N–H and O–H groups in total. The van der Waals surface area contributed by atoms with Gasteiger partial charge in [-0.3, -0.25) is 9.69 Å². The number of carbonyl (C=O) groups is 1. The molecule has 3 fully saturated rings. The zero-order valence-corrected chi connectivity index (χ0v) is 15.1. The molecule has 4 rings (SSSR count). The molecule has 0 aromatic carbocycles. The van der Waals surface area contributed by atoms with Crippen molar-refractivity contribution in [1.29, 1.82) is 0 Å². The number of amides is 1. The lowest BCUT2D eigenvalue weighted by Crippen LogP contribution is -2.46. The summed E-state index contributed by atoms with van der Waals surface area (Å²) in [7, 11) is 0. The monoisotopic (exact) mass is 332 g/mol. The van der Waals surface area contributed by atoms with Gasteiger partial charge in [0.25, 0.3) is 0 Å². The molecule has 3 nitrogen and oxygen atoms in total. The van der Waals surface area contributed by atoms with Crippen LogP contribution in [-0.2, 0) is 4.79 Å². The smallest absolute Gasteiger partial charge is 0.237 e. The van der Waals surface area contributed by atoms with Crippen LogP contribution in [0.25, 0.3) is 0 Å². The van der Waals surface area contributed by atoms with Crippen molar-refractivity contribution in [2.75, 3.05) is 13.1 Å². The average molecular weight is 333 g/mol. The van der Waals surface area contributed by atoms with Crippen LogP contribution in [-0.4, -0.2) is 40.9 Å². The molecule has 1 aliphatic heterocycles. The van der Waals surface area contributed by atoms with E-state index in [4.69, 9.17) is 0 Å². The number of likely N-dealkylation sites (tertiary alicyclic amines) is 1. The van der Waals surface area contributed by atoms with E-state index in [2.05, 4.69) is 35.8 Å². The Hall–Kier alpha value is -0.870. The molecule has 1 aromatic rings. The van der Waals surface area contributed by atoms with Crippen molar-refractivity contribution >= 4 is 17.2 Å². The fraction of sp³-hybridized carbons (Fsp3) is 0.737. The normalized spacial score (nSPS) is 26.4. The van der Waals surface area contributed by atoms with Crippen LogP contribution in [0.1, 0.15) is 61.2 Å². The summed E-state index contributed by atoms with van der Waals surface area (Å²) in [6.45, 7) is 6.14. The third kappa shape index (κ3) is 3.34. The first-order valence-electron chi connectivity index (χ1n) is 9.25. The second kappa shape index (κ2) is 6.21. The maximum Gasteiger partial charge on any atom is 0.237 e. The van der Waals surface area contributed by atoms with E-state index < -0.39 is 0 Å². The fourth-order valence-electron chi connectivity index (χ4n) is 4.15. The van der Waals surface area contributed by atoms with Crippen LogP contribution in [0.2, 0.25) is 0 Å². The number of carbonyl (C=O) groups excluding carboxylic acids is 1. The van der Waals surface area contributed by atoms with Crippen LogP contribution in [0.4, 0.5) is 0 Å². The third-order valence-electron chi connectivity index (χ3n) is 5.76. The summed E-state index contributed by atoms with van der Waals surface area (Å²) < 4.78 is 0. The molecule has 4 heteroatoms. The lowest BCUT2D eigenvalue weighted by atomic mass is 10.1. The maximum atomic E-state index is 13.0. The number of hydrogen-bond acceptors (Lipinski definition) is 3. The van der Waals surface area contributed by atoms with E-state index in [1.54, 1.807) is 0 Å². The van der Waals surface area contributed by atoms with Crippen molar-refractivity contribution in [3.63, 3.8) is 0 Å². The van der Waals surface area contributed by atoms with Crippen LogP contribution >= 0.6 is 11.3 Å². The van der Waals surface area contributed by atoms with Gasteiger partial charge in [-0.25, -0.2) is 0 Å². The van der Waals surface area contributed by atoms with Crippen molar-refractivity contribution in [2.24, 2.45) is 5.92 Å². The van der Waals surface area contributed by atoms with E-state index in [1.165, 1.54) is 48.3 Å². The largest absolute Gasteiger partial charge is 0.336 e. The Morgan fingerprint density at radius 2 is 2.09 bits per heavy atom. The van der Waals surface area contributed by atoms with E-state index in [9.17, 15) is 4.79 Å². The molecule has 1 aromatic heterocycles. The van der Waals surface area contributed by atoms with Gasteiger partial charge in [0.1, 0.15) is 0 Å². The molecule has 0 bridgehead atoms. The van der Waals surface area contributed by atoms with Gasteiger partial charge in [-0.1, -0.05) is 0 Å². The Labute approximate surface area is 143 Å². The fourth-order valence-corrected chi connectivity index (χ4v) is 5.19. The van der Waals surface area contributed by atoms with E-state index in [1.807, 2.05) is 11.3 Å². The minimum atomic E-state index is 0.382. The van der Waals surface area contributed by atoms with Crippen molar-refractivity contribution in [3.8, 4) is 0 Å². The summed E-state index contributed by atoms with van der Waals surface area (Å²) in [4.78, 5) is 20.5. The minimum absolute atomic E-state index is 0.382. The Kier molecular flexibility index (Phi) is 4.22. The van der Waals surface area contributed by atoms with Crippen LogP contribution < -0.4 is 0 Å². The maximum absolute atomic E-state index is 13.0. The van der Waals surface area contributed by atoms with Gasteiger partial charge in [-0.05, 0) is 77.0 Å². The number of hydrogen-bond donors (Lipinski definition) is 0. The van der Waals surface area contributed by atoms with Crippen LogP contribution in [0.3, 0.4) is 0 Å². The van der Waals surface area contributed by atoms with E-state index in [0.717, 1.165) is 12.5 Å². The molecule has 0 spiro atoms. The van der Waals surface area contributed by atoms with Crippen LogP contribution in [0, 0.1) is 12.8 Å². The highest BCUT2D eigenvalue weighted by Gasteiger charge is 2.42. The SMILES string of the molecule is Cc1ccc(C2CCCN2CC(=O)N(C2CC2)C(C)C2CC2)s1. The number of rotatable bonds is 6. The first-order chi connectivity index (χ1) is 11.1. The highest BCUT2D eigenvalue weighted by Crippen LogP contribution is 2.40. The molecule has 0 radical (unpaired) electrons. The summed E-state index contributed by atoms with van der Waals surface area (Å²) >= 11 is 1.90. The minimum Gasteiger partial charge on any atom is -0.336 e. The third-order valence-corrected chi connectivity index (χ3v) is 6.86.